The molecule has 0 aliphatic rings. The van der Waals surface area contributed by atoms with Gasteiger partial charge in [0.25, 0.3) is 5.91 Å². The molecule has 1 heterocycles. The highest BCUT2D eigenvalue weighted by Crippen LogP contribution is 2.17. The molecule has 8 heteroatoms. The van der Waals surface area contributed by atoms with Crippen molar-refractivity contribution in [1.82, 2.24) is 15.0 Å². The SMILES string of the molecule is Cc1c(C(=O)Nc2cc(CO)cc(CO)c2)nnn1Cc1ccc(F)cc1. The molecule has 3 N–H and O–H groups in total. The fourth-order valence-corrected chi connectivity index (χ4v) is 2.69. The number of benzene rings is 2. The van der Waals surface area contributed by atoms with Gasteiger partial charge >= 0.3 is 0 Å². The molecule has 0 atom stereocenters. The molecule has 0 aliphatic heterocycles. The maximum atomic E-state index is 13.0. The van der Waals surface area contributed by atoms with Crippen molar-refractivity contribution >= 4 is 11.6 Å². The molecular formula is C19H19FN4O3. The number of rotatable bonds is 6. The van der Waals surface area contributed by atoms with E-state index >= 15 is 0 Å². The number of carbonyl (C=O) groups excluding carboxylic acids is 1. The summed E-state index contributed by atoms with van der Waals surface area (Å²) in [5.74, 6) is -0.765. The lowest BCUT2D eigenvalue weighted by Gasteiger charge is -2.09. The van der Waals surface area contributed by atoms with Crippen molar-refractivity contribution in [3.63, 3.8) is 0 Å². The second-order valence-corrected chi connectivity index (χ2v) is 6.12. The Hall–Kier alpha value is -3.10. The predicted octanol–water partition coefficient (Wildman–Crippen LogP) is 2.01. The Morgan fingerprint density at radius 2 is 1.70 bits per heavy atom. The largest absolute Gasteiger partial charge is 0.392 e. The Bertz CT molecular complexity index is 932. The summed E-state index contributed by atoms with van der Waals surface area (Å²) in [6.07, 6.45) is 0. The summed E-state index contributed by atoms with van der Waals surface area (Å²) >= 11 is 0. The third kappa shape index (κ3) is 4.36. The van der Waals surface area contributed by atoms with Crippen LogP contribution in [-0.4, -0.2) is 31.1 Å². The van der Waals surface area contributed by atoms with E-state index in [0.29, 0.717) is 29.1 Å². The molecule has 0 spiro atoms. The van der Waals surface area contributed by atoms with Gasteiger partial charge < -0.3 is 15.5 Å². The van der Waals surface area contributed by atoms with Gasteiger partial charge in [-0.05, 0) is 47.9 Å². The van der Waals surface area contributed by atoms with Crippen LogP contribution in [0.2, 0.25) is 0 Å². The van der Waals surface area contributed by atoms with Crippen LogP contribution in [0.5, 0.6) is 0 Å². The van der Waals surface area contributed by atoms with Gasteiger partial charge in [-0.2, -0.15) is 0 Å². The quantitative estimate of drug-likeness (QED) is 0.616. The van der Waals surface area contributed by atoms with Crippen LogP contribution >= 0.6 is 0 Å². The van der Waals surface area contributed by atoms with Crippen molar-refractivity contribution in [2.45, 2.75) is 26.7 Å². The first-order valence-corrected chi connectivity index (χ1v) is 8.30. The summed E-state index contributed by atoms with van der Waals surface area (Å²) in [5, 5.41) is 29.2. The monoisotopic (exact) mass is 370 g/mol. The number of aliphatic hydroxyl groups excluding tert-OH is 2. The van der Waals surface area contributed by atoms with E-state index < -0.39 is 5.91 Å². The van der Waals surface area contributed by atoms with E-state index in [0.717, 1.165) is 5.56 Å². The molecule has 0 saturated heterocycles. The second kappa shape index (κ2) is 8.07. The molecule has 0 unspecified atom stereocenters. The van der Waals surface area contributed by atoms with Crippen molar-refractivity contribution in [1.29, 1.82) is 0 Å². The Morgan fingerprint density at radius 1 is 1.07 bits per heavy atom. The van der Waals surface area contributed by atoms with Gasteiger partial charge in [0.15, 0.2) is 5.69 Å². The lowest BCUT2D eigenvalue weighted by molar-refractivity contribution is 0.102. The van der Waals surface area contributed by atoms with Crippen molar-refractivity contribution in [3.8, 4) is 0 Å². The van der Waals surface area contributed by atoms with Crippen LogP contribution in [0.3, 0.4) is 0 Å². The van der Waals surface area contributed by atoms with Crippen molar-refractivity contribution in [3.05, 3.63) is 76.4 Å². The molecule has 1 amide bonds. The van der Waals surface area contributed by atoms with Gasteiger partial charge in [-0.1, -0.05) is 23.4 Å². The van der Waals surface area contributed by atoms with Gasteiger partial charge in [-0.25, -0.2) is 9.07 Å². The average Bonchev–Trinajstić information content (AvgIpc) is 3.03. The summed E-state index contributed by atoms with van der Waals surface area (Å²) in [5.41, 5.74) is 3.17. The minimum Gasteiger partial charge on any atom is -0.392 e. The van der Waals surface area contributed by atoms with Crippen molar-refractivity contribution < 1.29 is 19.4 Å². The molecule has 0 fully saturated rings. The maximum Gasteiger partial charge on any atom is 0.278 e. The van der Waals surface area contributed by atoms with E-state index in [1.807, 2.05) is 0 Å². The predicted molar refractivity (Wildman–Crippen MR) is 96.5 cm³/mol. The van der Waals surface area contributed by atoms with Crippen LogP contribution in [-0.2, 0) is 19.8 Å². The van der Waals surface area contributed by atoms with Crippen LogP contribution < -0.4 is 5.32 Å². The van der Waals surface area contributed by atoms with Crippen molar-refractivity contribution in [2.75, 3.05) is 5.32 Å². The minimum absolute atomic E-state index is 0.164. The summed E-state index contributed by atoms with van der Waals surface area (Å²) in [6.45, 7) is 1.68. The molecule has 3 aromatic rings. The molecule has 7 nitrogen and oxygen atoms in total. The van der Waals surface area contributed by atoms with E-state index in [1.54, 1.807) is 41.9 Å². The molecule has 1 aromatic heterocycles. The lowest BCUT2D eigenvalue weighted by Crippen LogP contribution is -2.15. The molecule has 140 valence electrons. The van der Waals surface area contributed by atoms with Gasteiger partial charge in [0.2, 0.25) is 0 Å². The summed E-state index contributed by atoms with van der Waals surface area (Å²) < 4.78 is 14.6. The molecule has 3 rings (SSSR count). The molecular weight excluding hydrogens is 351 g/mol. The van der Waals surface area contributed by atoms with E-state index in [4.69, 9.17) is 0 Å². The van der Waals surface area contributed by atoms with E-state index in [1.165, 1.54) is 12.1 Å². The van der Waals surface area contributed by atoms with Crippen LogP contribution in [0.25, 0.3) is 0 Å². The van der Waals surface area contributed by atoms with Crippen LogP contribution in [0.1, 0.15) is 32.9 Å². The smallest absolute Gasteiger partial charge is 0.278 e. The number of amides is 1. The summed E-state index contributed by atoms with van der Waals surface area (Å²) in [6, 6.07) is 10.9. The number of hydrogen-bond acceptors (Lipinski definition) is 5. The molecule has 2 aromatic carbocycles. The number of aromatic nitrogens is 3. The van der Waals surface area contributed by atoms with Gasteiger partial charge in [-0.15, -0.1) is 5.10 Å². The third-order valence-corrected chi connectivity index (χ3v) is 4.12. The van der Waals surface area contributed by atoms with Gasteiger partial charge in [0, 0.05) is 5.69 Å². The zero-order valence-electron chi connectivity index (χ0n) is 14.7. The molecule has 0 saturated carbocycles. The number of aliphatic hydroxyl groups is 2. The third-order valence-electron chi connectivity index (χ3n) is 4.12. The molecule has 27 heavy (non-hydrogen) atoms. The van der Waals surface area contributed by atoms with Crippen LogP contribution in [0.15, 0.2) is 42.5 Å². The first kappa shape index (κ1) is 18.7. The fraction of sp³-hybridized carbons (Fsp3) is 0.211. The van der Waals surface area contributed by atoms with E-state index in [9.17, 15) is 19.4 Å². The number of carbonyl (C=O) groups is 1. The van der Waals surface area contributed by atoms with Gasteiger partial charge in [0.05, 0.1) is 25.5 Å². The molecule has 0 bridgehead atoms. The number of nitrogens with one attached hydrogen (secondary N) is 1. The van der Waals surface area contributed by atoms with E-state index in [-0.39, 0.29) is 24.7 Å². The zero-order valence-corrected chi connectivity index (χ0v) is 14.7. The van der Waals surface area contributed by atoms with E-state index in [2.05, 4.69) is 15.6 Å². The van der Waals surface area contributed by atoms with Gasteiger partial charge in [0.1, 0.15) is 5.82 Å². The normalized spacial score (nSPS) is 10.8. The Morgan fingerprint density at radius 3 is 2.30 bits per heavy atom. The summed E-state index contributed by atoms with van der Waals surface area (Å²) in [4.78, 5) is 12.5. The zero-order chi connectivity index (χ0) is 19.4. The highest BCUT2D eigenvalue weighted by atomic mass is 19.1. The average molecular weight is 370 g/mol. The number of halogens is 1. The minimum atomic E-state index is -0.447. The highest BCUT2D eigenvalue weighted by Gasteiger charge is 2.17. The first-order valence-electron chi connectivity index (χ1n) is 8.30. The van der Waals surface area contributed by atoms with Crippen LogP contribution in [0, 0.1) is 12.7 Å². The molecule has 0 aliphatic carbocycles. The first-order chi connectivity index (χ1) is 13.0. The van der Waals surface area contributed by atoms with Crippen molar-refractivity contribution in [2.24, 2.45) is 0 Å². The fourth-order valence-electron chi connectivity index (χ4n) is 2.69. The molecule has 0 radical (unpaired) electrons. The number of anilines is 1. The maximum absolute atomic E-state index is 13.0. The Balaban J connectivity index is 1.78. The Kier molecular flexibility index (Phi) is 5.58. The Labute approximate surface area is 155 Å². The lowest BCUT2D eigenvalue weighted by atomic mass is 10.1. The summed E-state index contributed by atoms with van der Waals surface area (Å²) in [7, 11) is 0. The number of hydrogen-bond donors (Lipinski definition) is 3. The second-order valence-electron chi connectivity index (χ2n) is 6.12. The topological polar surface area (TPSA) is 100 Å². The van der Waals surface area contributed by atoms with Crippen LogP contribution in [0.4, 0.5) is 10.1 Å². The standard InChI is InChI=1S/C19H19FN4O3/c1-12-18(22-23-24(12)9-13-2-4-16(20)5-3-13)19(27)21-17-7-14(10-25)6-15(8-17)11-26/h2-8,25-26H,9-11H2,1H3,(H,21,27). The number of nitrogens with zero attached hydrogens (tertiary/aromatic N) is 3. The van der Waals surface area contributed by atoms with Gasteiger partial charge in [-0.3, -0.25) is 4.79 Å². The highest BCUT2D eigenvalue weighted by molar-refractivity contribution is 6.03.